The van der Waals surface area contributed by atoms with Crippen LogP contribution in [-0.4, -0.2) is 24.8 Å². The van der Waals surface area contributed by atoms with E-state index in [0.29, 0.717) is 12.0 Å². The maximum atomic E-state index is 6.05. The van der Waals surface area contributed by atoms with Crippen LogP contribution in [0.15, 0.2) is 30.3 Å². The third-order valence-corrected chi connectivity index (χ3v) is 3.90. The quantitative estimate of drug-likeness (QED) is 0.866. The Hall–Kier alpha value is -0.860. The number of hydrogen-bond acceptors (Lipinski definition) is 2. The lowest BCUT2D eigenvalue weighted by atomic mass is 9.90. The summed E-state index contributed by atoms with van der Waals surface area (Å²) in [5.41, 5.74) is 1.37. The lowest BCUT2D eigenvalue weighted by Crippen LogP contribution is -2.56. The summed E-state index contributed by atoms with van der Waals surface area (Å²) in [6.07, 6.45) is 1.05. The Balaban J connectivity index is 1.88. The molecule has 1 aliphatic rings. The maximum absolute atomic E-state index is 6.05. The van der Waals surface area contributed by atoms with Crippen LogP contribution in [0.3, 0.4) is 0 Å². The zero-order chi connectivity index (χ0) is 12.3. The molecule has 1 saturated heterocycles. The Morgan fingerprint density at radius 3 is 2.59 bits per heavy atom. The molecule has 1 aromatic rings. The third kappa shape index (κ3) is 3.08. The average molecular weight is 233 g/mol. The van der Waals surface area contributed by atoms with Crippen LogP contribution in [0.2, 0.25) is 0 Å². The third-order valence-electron chi connectivity index (χ3n) is 3.90. The molecule has 2 atom stereocenters. The van der Waals surface area contributed by atoms with Crippen LogP contribution in [0, 0.1) is 5.92 Å². The van der Waals surface area contributed by atoms with E-state index in [0.717, 1.165) is 19.6 Å². The highest BCUT2D eigenvalue weighted by atomic mass is 16.5. The number of nitrogens with one attached hydrogen (secondary N) is 1. The van der Waals surface area contributed by atoms with Gasteiger partial charge in [-0.3, -0.25) is 0 Å². The molecule has 1 aliphatic heterocycles. The molecule has 0 amide bonds. The largest absolute Gasteiger partial charge is 0.372 e. The van der Waals surface area contributed by atoms with Crippen molar-refractivity contribution in [1.82, 2.24) is 5.32 Å². The molecular weight excluding hydrogens is 210 g/mol. The van der Waals surface area contributed by atoms with Gasteiger partial charge in [0.05, 0.1) is 12.2 Å². The minimum atomic E-state index is -0.00676. The summed E-state index contributed by atoms with van der Waals surface area (Å²) in [4.78, 5) is 0. The molecule has 0 aromatic heterocycles. The molecule has 0 bridgehead atoms. The van der Waals surface area contributed by atoms with E-state index >= 15 is 0 Å². The lowest BCUT2D eigenvalue weighted by Gasteiger charge is -2.41. The molecule has 2 nitrogen and oxygen atoms in total. The van der Waals surface area contributed by atoms with Crippen molar-refractivity contribution in [2.45, 2.75) is 38.8 Å². The molecule has 1 fully saturated rings. The first-order valence-corrected chi connectivity index (χ1v) is 6.51. The van der Waals surface area contributed by atoms with Crippen molar-refractivity contribution in [3.05, 3.63) is 35.9 Å². The van der Waals surface area contributed by atoms with Crippen LogP contribution in [0.1, 0.15) is 26.3 Å². The minimum absolute atomic E-state index is 0.00676. The van der Waals surface area contributed by atoms with Gasteiger partial charge in [0, 0.05) is 12.6 Å². The molecule has 2 rings (SSSR count). The Kier molecular flexibility index (Phi) is 3.85. The van der Waals surface area contributed by atoms with Gasteiger partial charge in [0.1, 0.15) is 0 Å². The summed E-state index contributed by atoms with van der Waals surface area (Å²) in [6, 6.07) is 11.1. The van der Waals surface area contributed by atoms with Gasteiger partial charge < -0.3 is 10.1 Å². The van der Waals surface area contributed by atoms with Gasteiger partial charge in [0.25, 0.3) is 0 Å². The van der Waals surface area contributed by atoms with Crippen molar-refractivity contribution in [3.63, 3.8) is 0 Å². The normalized spacial score (nSPS) is 29.5. The SMILES string of the molecule is CC(C)C1(C)CNC(Cc2ccccc2)CO1. The fraction of sp³-hybridized carbons (Fsp3) is 0.600. The van der Waals surface area contributed by atoms with E-state index in [4.69, 9.17) is 4.74 Å². The summed E-state index contributed by atoms with van der Waals surface area (Å²) >= 11 is 0. The Morgan fingerprint density at radius 1 is 1.35 bits per heavy atom. The van der Waals surface area contributed by atoms with E-state index in [1.54, 1.807) is 0 Å². The van der Waals surface area contributed by atoms with E-state index in [1.165, 1.54) is 5.56 Å². The van der Waals surface area contributed by atoms with Crippen molar-refractivity contribution in [3.8, 4) is 0 Å². The van der Waals surface area contributed by atoms with Gasteiger partial charge in [-0.25, -0.2) is 0 Å². The Labute approximate surface area is 104 Å². The zero-order valence-corrected chi connectivity index (χ0v) is 11.1. The smallest absolute Gasteiger partial charge is 0.0801 e. The van der Waals surface area contributed by atoms with Gasteiger partial charge >= 0.3 is 0 Å². The second-order valence-electron chi connectivity index (χ2n) is 5.55. The van der Waals surface area contributed by atoms with Crippen molar-refractivity contribution in [1.29, 1.82) is 0 Å². The number of hydrogen-bond donors (Lipinski definition) is 1. The van der Waals surface area contributed by atoms with E-state index < -0.39 is 0 Å². The predicted molar refractivity (Wildman–Crippen MR) is 71.1 cm³/mol. The maximum Gasteiger partial charge on any atom is 0.0801 e. The first kappa shape index (κ1) is 12.6. The summed E-state index contributed by atoms with van der Waals surface area (Å²) in [6.45, 7) is 8.40. The number of benzene rings is 1. The molecular formula is C15H23NO. The van der Waals surface area contributed by atoms with E-state index in [2.05, 4.69) is 56.4 Å². The summed E-state index contributed by atoms with van der Waals surface area (Å²) in [5, 5.41) is 3.61. The molecule has 1 N–H and O–H groups in total. The molecule has 0 spiro atoms. The van der Waals surface area contributed by atoms with Gasteiger partial charge in [-0.1, -0.05) is 44.2 Å². The van der Waals surface area contributed by atoms with Crippen molar-refractivity contribution in [2.75, 3.05) is 13.2 Å². The summed E-state index contributed by atoms with van der Waals surface area (Å²) < 4.78 is 6.05. The van der Waals surface area contributed by atoms with Gasteiger partial charge in [0.2, 0.25) is 0 Å². The second kappa shape index (κ2) is 5.19. The molecule has 94 valence electrons. The highest BCUT2D eigenvalue weighted by Gasteiger charge is 2.34. The number of morpholine rings is 1. The van der Waals surface area contributed by atoms with Crippen LogP contribution in [0.5, 0.6) is 0 Å². The summed E-state index contributed by atoms with van der Waals surface area (Å²) in [5.74, 6) is 0.549. The average Bonchev–Trinajstić information content (AvgIpc) is 2.33. The Morgan fingerprint density at radius 2 is 2.06 bits per heavy atom. The van der Waals surface area contributed by atoms with E-state index in [1.807, 2.05) is 0 Å². The molecule has 0 radical (unpaired) electrons. The standard InChI is InChI=1S/C15H23NO/c1-12(2)15(3)11-16-14(10-17-15)9-13-7-5-4-6-8-13/h4-8,12,14,16H,9-11H2,1-3H3. The number of rotatable bonds is 3. The molecule has 2 heteroatoms. The van der Waals surface area contributed by atoms with Crippen LogP contribution < -0.4 is 5.32 Å². The highest BCUT2D eigenvalue weighted by Crippen LogP contribution is 2.24. The molecule has 17 heavy (non-hydrogen) atoms. The molecule has 0 aliphatic carbocycles. The monoisotopic (exact) mass is 233 g/mol. The fourth-order valence-electron chi connectivity index (χ4n) is 2.15. The highest BCUT2D eigenvalue weighted by molar-refractivity contribution is 5.16. The van der Waals surface area contributed by atoms with E-state index in [9.17, 15) is 0 Å². The van der Waals surface area contributed by atoms with Gasteiger partial charge in [-0.15, -0.1) is 0 Å². The van der Waals surface area contributed by atoms with Crippen LogP contribution in [-0.2, 0) is 11.2 Å². The Bertz CT molecular complexity index is 339. The lowest BCUT2D eigenvalue weighted by molar-refractivity contribution is -0.0981. The first-order chi connectivity index (χ1) is 8.10. The molecule has 1 aromatic carbocycles. The van der Waals surface area contributed by atoms with E-state index in [-0.39, 0.29) is 5.60 Å². The van der Waals surface area contributed by atoms with Crippen molar-refractivity contribution >= 4 is 0 Å². The van der Waals surface area contributed by atoms with Crippen molar-refractivity contribution < 1.29 is 4.74 Å². The van der Waals surface area contributed by atoms with Gasteiger partial charge in [-0.2, -0.15) is 0 Å². The van der Waals surface area contributed by atoms with Crippen molar-refractivity contribution in [2.24, 2.45) is 5.92 Å². The zero-order valence-electron chi connectivity index (χ0n) is 11.1. The molecule has 1 heterocycles. The topological polar surface area (TPSA) is 21.3 Å². The first-order valence-electron chi connectivity index (χ1n) is 6.51. The summed E-state index contributed by atoms with van der Waals surface area (Å²) in [7, 11) is 0. The number of ether oxygens (including phenoxy) is 1. The van der Waals surface area contributed by atoms with Gasteiger partial charge in [0.15, 0.2) is 0 Å². The van der Waals surface area contributed by atoms with Crippen LogP contribution in [0.25, 0.3) is 0 Å². The molecule has 2 unspecified atom stereocenters. The van der Waals surface area contributed by atoms with Gasteiger partial charge in [-0.05, 0) is 24.8 Å². The van der Waals surface area contributed by atoms with Crippen LogP contribution >= 0.6 is 0 Å². The minimum Gasteiger partial charge on any atom is -0.372 e. The molecule has 0 saturated carbocycles. The fourth-order valence-corrected chi connectivity index (χ4v) is 2.15. The van der Waals surface area contributed by atoms with Crippen LogP contribution in [0.4, 0.5) is 0 Å². The predicted octanol–water partition coefficient (Wildman–Crippen LogP) is 2.63. The second-order valence-corrected chi connectivity index (χ2v) is 5.55.